The number of methoxy groups -OCH3 is 1. The zero-order valence-electron chi connectivity index (χ0n) is 10.6. The van der Waals surface area contributed by atoms with Crippen molar-refractivity contribution in [2.75, 3.05) is 7.11 Å². The fourth-order valence-electron chi connectivity index (χ4n) is 1.76. The maximum atomic E-state index is 11.9. The van der Waals surface area contributed by atoms with Gasteiger partial charge >= 0.3 is 11.7 Å². The molecule has 0 radical (unpaired) electrons. The SMILES string of the molecule is COC(=O)CCC(=O)c1ccc2oc(=O)n(C)c2c1. The van der Waals surface area contributed by atoms with Crippen molar-refractivity contribution in [2.45, 2.75) is 12.8 Å². The summed E-state index contributed by atoms with van der Waals surface area (Å²) in [5, 5.41) is 0. The summed E-state index contributed by atoms with van der Waals surface area (Å²) in [7, 11) is 2.84. The zero-order chi connectivity index (χ0) is 14.0. The fourth-order valence-corrected chi connectivity index (χ4v) is 1.76. The Morgan fingerprint density at radius 1 is 1.32 bits per heavy atom. The summed E-state index contributed by atoms with van der Waals surface area (Å²) in [4.78, 5) is 34.2. The van der Waals surface area contributed by atoms with E-state index in [1.54, 1.807) is 25.2 Å². The molecule has 2 aromatic rings. The highest BCUT2D eigenvalue weighted by Gasteiger charge is 2.12. The molecule has 0 unspecified atom stereocenters. The summed E-state index contributed by atoms with van der Waals surface area (Å²) in [5.41, 5.74) is 1.42. The second-order valence-corrected chi connectivity index (χ2v) is 4.11. The van der Waals surface area contributed by atoms with Crippen LogP contribution in [0.3, 0.4) is 0 Å². The Labute approximate surface area is 108 Å². The number of ether oxygens (including phenoxy) is 1. The number of hydrogen-bond donors (Lipinski definition) is 0. The first-order valence-corrected chi connectivity index (χ1v) is 5.72. The van der Waals surface area contributed by atoms with Crippen molar-refractivity contribution in [1.29, 1.82) is 0 Å². The first-order chi connectivity index (χ1) is 9.02. The lowest BCUT2D eigenvalue weighted by molar-refractivity contribution is -0.140. The smallest absolute Gasteiger partial charge is 0.419 e. The van der Waals surface area contributed by atoms with Crippen LogP contribution < -0.4 is 5.76 Å². The average Bonchev–Trinajstić information content (AvgIpc) is 2.70. The van der Waals surface area contributed by atoms with Crippen molar-refractivity contribution in [3.05, 3.63) is 34.3 Å². The number of oxazole rings is 1. The Morgan fingerprint density at radius 3 is 2.74 bits per heavy atom. The summed E-state index contributed by atoms with van der Waals surface area (Å²) in [5.74, 6) is -1.08. The highest BCUT2D eigenvalue weighted by atomic mass is 16.5. The molecule has 1 heterocycles. The number of carbonyl (C=O) groups excluding carboxylic acids is 2. The minimum absolute atomic E-state index is 0.0394. The van der Waals surface area contributed by atoms with Crippen LogP contribution in [0.5, 0.6) is 0 Å². The van der Waals surface area contributed by atoms with Crippen LogP contribution in [0.1, 0.15) is 23.2 Å². The molecule has 0 spiro atoms. The lowest BCUT2D eigenvalue weighted by Crippen LogP contribution is -2.09. The first kappa shape index (κ1) is 13.1. The molecule has 0 saturated carbocycles. The van der Waals surface area contributed by atoms with Crippen LogP contribution in [-0.4, -0.2) is 23.4 Å². The predicted octanol–water partition coefficient (Wildman–Crippen LogP) is 1.27. The highest BCUT2D eigenvalue weighted by Crippen LogP contribution is 2.16. The monoisotopic (exact) mass is 263 g/mol. The summed E-state index contributed by atoms with van der Waals surface area (Å²) in [6.45, 7) is 0. The van der Waals surface area contributed by atoms with Gasteiger partial charge in [0.05, 0.1) is 19.0 Å². The van der Waals surface area contributed by atoms with E-state index in [1.165, 1.54) is 11.7 Å². The van der Waals surface area contributed by atoms with Crippen molar-refractivity contribution < 1.29 is 18.7 Å². The molecule has 6 nitrogen and oxygen atoms in total. The van der Waals surface area contributed by atoms with Gasteiger partial charge in [0, 0.05) is 19.0 Å². The number of aryl methyl sites for hydroxylation is 1. The lowest BCUT2D eigenvalue weighted by Gasteiger charge is -2.01. The van der Waals surface area contributed by atoms with Crippen molar-refractivity contribution in [3.63, 3.8) is 0 Å². The molecular formula is C13H13NO5. The molecule has 19 heavy (non-hydrogen) atoms. The standard InChI is InChI=1S/C13H13NO5/c1-14-9-7-8(3-5-11(9)19-13(14)17)10(15)4-6-12(16)18-2/h3,5,7H,4,6H2,1-2H3. The number of nitrogens with zero attached hydrogens (tertiary/aromatic N) is 1. The minimum atomic E-state index is -0.478. The van der Waals surface area contributed by atoms with E-state index < -0.39 is 11.7 Å². The number of rotatable bonds is 4. The van der Waals surface area contributed by atoms with E-state index in [1.807, 2.05) is 0 Å². The van der Waals surface area contributed by atoms with E-state index in [0.29, 0.717) is 16.7 Å². The Balaban J connectivity index is 2.25. The third kappa shape index (κ3) is 2.57. The van der Waals surface area contributed by atoms with Gasteiger partial charge in [-0.3, -0.25) is 14.2 Å². The molecule has 0 aliphatic heterocycles. The van der Waals surface area contributed by atoms with Gasteiger partial charge in [0.2, 0.25) is 0 Å². The Bertz CT molecular complexity index is 695. The van der Waals surface area contributed by atoms with E-state index in [9.17, 15) is 14.4 Å². The van der Waals surface area contributed by atoms with Crippen molar-refractivity contribution >= 4 is 22.9 Å². The maximum Gasteiger partial charge on any atom is 0.419 e. The summed E-state index contributed by atoms with van der Waals surface area (Å²) in [6.07, 6.45) is 0.113. The Hall–Kier alpha value is -2.37. The lowest BCUT2D eigenvalue weighted by atomic mass is 10.1. The molecule has 0 bridgehead atoms. The fraction of sp³-hybridized carbons (Fsp3) is 0.308. The van der Waals surface area contributed by atoms with Crippen LogP contribution in [0.25, 0.3) is 11.1 Å². The van der Waals surface area contributed by atoms with Crippen LogP contribution >= 0.6 is 0 Å². The largest absolute Gasteiger partial charge is 0.469 e. The number of esters is 1. The van der Waals surface area contributed by atoms with Crippen molar-refractivity contribution in [2.24, 2.45) is 7.05 Å². The highest BCUT2D eigenvalue weighted by molar-refractivity contribution is 5.99. The van der Waals surface area contributed by atoms with Crippen LogP contribution in [0.2, 0.25) is 0 Å². The van der Waals surface area contributed by atoms with Gasteiger partial charge in [-0.15, -0.1) is 0 Å². The normalized spacial score (nSPS) is 10.6. The number of hydrogen-bond acceptors (Lipinski definition) is 5. The number of ketones is 1. The minimum Gasteiger partial charge on any atom is -0.469 e. The van der Waals surface area contributed by atoms with Crippen molar-refractivity contribution in [1.82, 2.24) is 4.57 Å². The molecule has 2 rings (SSSR count). The van der Waals surface area contributed by atoms with Gasteiger partial charge in [0.1, 0.15) is 0 Å². The number of fused-ring (bicyclic) bond motifs is 1. The third-order valence-electron chi connectivity index (χ3n) is 2.90. The van der Waals surface area contributed by atoms with Gasteiger partial charge in [0.15, 0.2) is 11.4 Å². The van der Waals surface area contributed by atoms with Gasteiger partial charge in [-0.25, -0.2) is 4.79 Å². The molecule has 0 aliphatic carbocycles. The Kier molecular flexibility index (Phi) is 3.50. The van der Waals surface area contributed by atoms with E-state index in [-0.39, 0.29) is 18.6 Å². The summed E-state index contributed by atoms with van der Waals surface area (Å²) in [6, 6.07) is 4.73. The van der Waals surface area contributed by atoms with Crippen LogP contribution in [0.15, 0.2) is 27.4 Å². The second-order valence-electron chi connectivity index (χ2n) is 4.11. The quantitative estimate of drug-likeness (QED) is 0.613. The second kappa shape index (κ2) is 5.09. The average molecular weight is 263 g/mol. The maximum absolute atomic E-state index is 11.9. The van der Waals surface area contributed by atoms with E-state index >= 15 is 0 Å². The molecule has 0 atom stereocenters. The molecule has 1 aromatic heterocycles. The molecule has 0 fully saturated rings. The number of benzene rings is 1. The van der Waals surface area contributed by atoms with Crippen LogP contribution in [0.4, 0.5) is 0 Å². The molecule has 0 aliphatic rings. The molecule has 100 valence electrons. The van der Waals surface area contributed by atoms with E-state index in [2.05, 4.69) is 4.74 Å². The van der Waals surface area contributed by atoms with Gasteiger partial charge in [-0.1, -0.05) is 0 Å². The van der Waals surface area contributed by atoms with Crippen molar-refractivity contribution in [3.8, 4) is 0 Å². The van der Waals surface area contributed by atoms with Gasteiger partial charge in [-0.05, 0) is 18.2 Å². The number of aromatic nitrogens is 1. The van der Waals surface area contributed by atoms with Gasteiger partial charge in [0.25, 0.3) is 0 Å². The zero-order valence-corrected chi connectivity index (χ0v) is 10.6. The van der Waals surface area contributed by atoms with Crippen LogP contribution in [0, 0.1) is 0 Å². The topological polar surface area (TPSA) is 78.5 Å². The summed E-state index contributed by atoms with van der Waals surface area (Å²) < 4.78 is 10.8. The van der Waals surface area contributed by atoms with Gasteiger partial charge < -0.3 is 9.15 Å². The Morgan fingerprint density at radius 2 is 2.05 bits per heavy atom. The van der Waals surface area contributed by atoms with E-state index in [4.69, 9.17) is 4.42 Å². The molecule has 6 heteroatoms. The predicted molar refractivity (Wildman–Crippen MR) is 67.0 cm³/mol. The molecule has 0 amide bonds. The van der Waals surface area contributed by atoms with E-state index in [0.717, 1.165) is 0 Å². The molecule has 1 aromatic carbocycles. The molecular weight excluding hydrogens is 250 g/mol. The number of carbonyl (C=O) groups is 2. The molecule has 0 N–H and O–H groups in total. The van der Waals surface area contributed by atoms with Gasteiger partial charge in [-0.2, -0.15) is 0 Å². The van der Waals surface area contributed by atoms with Crippen LogP contribution in [-0.2, 0) is 16.6 Å². The number of Topliss-reactive ketones (excluding diaryl/α,β-unsaturated/α-hetero) is 1. The third-order valence-corrected chi connectivity index (χ3v) is 2.90. The first-order valence-electron chi connectivity index (χ1n) is 5.72. The molecule has 0 saturated heterocycles. The summed E-state index contributed by atoms with van der Waals surface area (Å²) >= 11 is 0.